The van der Waals surface area contributed by atoms with Crippen LogP contribution in [0.4, 0.5) is 4.79 Å². The van der Waals surface area contributed by atoms with E-state index in [1.54, 1.807) is 29.6 Å². The smallest absolute Gasteiger partial charge is 0.318 e. The first-order valence-corrected chi connectivity index (χ1v) is 10.6. The van der Waals surface area contributed by atoms with Gasteiger partial charge in [-0.15, -0.1) is 0 Å². The van der Waals surface area contributed by atoms with Crippen LogP contribution < -0.4 is 10.6 Å². The first-order valence-electron chi connectivity index (χ1n) is 10.6. The molecule has 0 saturated heterocycles. The maximum Gasteiger partial charge on any atom is 0.318 e. The zero-order valence-electron chi connectivity index (χ0n) is 17.5. The molecular weight excluding hydrogens is 408 g/mol. The minimum absolute atomic E-state index is 0.0800. The molecule has 8 nitrogen and oxygen atoms in total. The Morgan fingerprint density at radius 1 is 0.906 bits per heavy atom. The number of hydrogen-bond acceptors (Lipinski definition) is 4. The van der Waals surface area contributed by atoms with Crippen LogP contribution in [0.15, 0.2) is 69.9 Å². The Morgan fingerprint density at radius 3 is 2.34 bits per heavy atom. The number of amides is 3. The summed E-state index contributed by atoms with van der Waals surface area (Å²) in [5.41, 5.74) is 3.21. The number of aromatic nitrogens is 1. The minimum atomic E-state index is -0.125. The van der Waals surface area contributed by atoms with E-state index in [4.69, 9.17) is 8.83 Å². The molecule has 32 heavy (non-hydrogen) atoms. The molecule has 0 aliphatic carbocycles. The van der Waals surface area contributed by atoms with Gasteiger partial charge in [-0.3, -0.25) is 4.79 Å². The number of fused-ring (bicyclic) bond motifs is 3. The summed E-state index contributed by atoms with van der Waals surface area (Å²) in [6.45, 7) is 2.02. The first kappa shape index (κ1) is 20.0. The number of nitrogens with one attached hydrogen (secondary N) is 2. The molecule has 0 fully saturated rings. The van der Waals surface area contributed by atoms with Gasteiger partial charge in [0.1, 0.15) is 18.1 Å². The topological polar surface area (TPSA) is 92.7 Å². The van der Waals surface area contributed by atoms with Crippen molar-refractivity contribution in [2.75, 3.05) is 6.54 Å². The zero-order chi connectivity index (χ0) is 21.9. The molecule has 0 saturated carbocycles. The third kappa shape index (κ3) is 3.99. The quantitative estimate of drug-likeness (QED) is 0.488. The highest BCUT2D eigenvalue weighted by atomic mass is 16.3. The molecule has 4 aromatic rings. The molecule has 3 aromatic heterocycles. The Morgan fingerprint density at radius 2 is 1.62 bits per heavy atom. The molecule has 0 unspecified atom stereocenters. The van der Waals surface area contributed by atoms with Crippen LogP contribution in [0.3, 0.4) is 0 Å². The summed E-state index contributed by atoms with van der Waals surface area (Å²) in [6, 6.07) is 15.2. The second-order valence-corrected chi connectivity index (χ2v) is 7.79. The van der Waals surface area contributed by atoms with Crippen molar-refractivity contribution in [1.82, 2.24) is 20.1 Å². The molecule has 2 N–H and O–H groups in total. The average molecular weight is 432 g/mol. The Kier molecular flexibility index (Phi) is 5.41. The van der Waals surface area contributed by atoms with Crippen molar-refractivity contribution in [3.8, 4) is 0 Å². The minimum Gasteiger partial charge on any atom is -0.467 e. The summed E-state index contributed by atoms with van der Waals surface area (Å²) in [4.78, 5) is 27.2. The Balaban J connectivity index is 1.32. The highest BCUT2D eigenvalue weighted by Crippen LogP contribution is 2.31. The summed E-state index contributed by atoms with van der Waals surface area (Å²) in [7, 11) is 0. The van der Waals surface area contributed by atoms with E-state index in [0.29, 0.717) is 44.1 Å². The van der Waals surface area contributed by atoms with Crippen molar-refractivity contribution >= 4 is 22.8 Å². The predicted octanol–water partition coefficient (Wildman–Crippen LogP) is 3.41. The summed E-state index contributed by atoms with van der Waals surface area (Å²) < 4.78 is 12.6. The maximum atomic E-state index is 12.7. The second-order valence-electron chi connectivity index (χ2n) is 7.79. The van der Waals surface area contributed by atoms with E-state index >= 15 is 0 Å². The van der Waals surface area contributed by atoms with Crippen molar-refractivity contribution in [3.05, 3.63) is 83.8 Å². The van der Waals surface area contributed by atoms with Gasteiger partial charge in [0.15, 0.2) is 0 Å². The Bertz CT molecular complexity index is 1220. The average Bonchev–Trinajstić information content (AvgIpc) is 3.58. The number of nitrogens with zero attached hydrogens (tertiary/aromatic N) is 2. The van der Waals surface area contributed by atoms with Gasteiger partial charge in [-0.05, 0) is 30.3 Å². The van der Waals surface area contributed by atoms with Gasteiger partial charge in [0.2, 0.25) is 5.91 Å². The van der Waals surface area contributed by atoms with Crippen molar-refractivity contribution in [2.24, 2.45) is 0 Å². The molecule has 0 spiro atoms. The molecule has 3 amide bonds. The third-order valence-electron chi connectivity index (χ3n) is 5.78. The summed E-state index contributed by atoms with van der Waals surface area (Å²) in [5.74, 6) is 1.35. The van der Waals surface area contributed by atoms with E-state index in [0.717, 1.165) is 22.2 Å². The molecular formula is C24H24N4O4. The lowest BCUT2D eigenvalue weighted by Crippen LogP contribution is -2.42. The van der Waals surface area contributed by atoms with Crippen LogP contribution >= 0.6 is 0 Å². The third-order valence-corrected chi connectivity index (χ3v) is 5.78. The second kappa shape index (κ2) is 8.66. The molecule has 4 heterocycles. The van der Waals surface area contributed by atoms with E-state index in [2.05, 4.69) is 21.3 Å². The Labute approximate surface area is 184 Å². The molecule has 8 heteroatoms. The number of carbonyl (C=O) groups is 2. The van der Waals surface area contributed by atoms with Gasteiger partial charge in [-0.1, -0.05) is 18.2 Å². The van der Waals surface area contributed by atoms with Crippen molar-refractivity contribution in [1.29, 1.82) is 0 Å². The number of benzene rings is 1. The van der Waals surface area contributed by atoms with E-state index in [1.165, 1.54) is 0 Å². The summed E-state index contributed by atoms with van der Waals surface area (Å²) in [5, 5.41) is 6.91. The fourth-order valence-electron chi connectivity index (χ4n) is 4.24. The lowest BCUT2D eigenvalue weighted by Gasteiger charge is -2.28. The number of urea groups is 1. The van der Waals surface area contributed by atoms with Crippen molar-refractivity contribution in [3.63, 3.8) is 0 Å². The SMILES string of the molecule is O=C(Cn1c2c(c3ccccc31)CN(C(=O)NCc1ccco1)CC2)NCc1ccco1. The van der Waals surface area contributed by atoms with Crippen molar-refractivity contribution < 1.29 is 18.4 Å². The van der Waals surface area contributed by atoms with Crippen LogP contribution in [0.25, 0.3) is 10.9 Å². The Hall–Kier alpha value is -3.94. The van der Waals surface area contributed by atoms with Gasteiger partial charge >= 0.3 is 6.03 Å². The van der Waals surface area contributed by atoms with Crippen LogP contribution in [0.2, 0.25) is 0 Å². The zero-order valence-corrected chi connectivity index (χ0v) is 17.5. The van der Waals surface area contributed by atoms with Gasteiger partial charge in [0.05, 0.1) is 25.6 Å². The van der Waals surface area contributed by atoms with E-state index in [-0.39, 0.29) is 18.5 Å². The van der Waals surface area contributed by atoms with Crippen LogP contribution in [-0.4, -0.2) is 28.0 Å². The molecule has 1 aliphatic heterocycles. The standard InChI is InChI=1S/C24H24N4O4/c29-23(25-13-17-5-3-11-31-17)16-28-21-8-2-1-7-19(21)20-15-27(10-9-22(20)28)24(30)26-14-18-6-4-12-32-18/h1-8,11-12H,9-10,13-16H2,(H,25,29)(H,26,30). The van der Waals surface area contributed by atoms with Gasteiger partial charge in [-0.25, -0.2) is 4.79 Å². The molecule has 0 atom stereocenters. The largest absolute Gasteiger partial charge is 0.467 e. The van der Waals surface area contributed by atoms with E-state index < -0.39 is 0 Å². The molecule has 0 radical (unpaired) electrons. The van der Waals surface area contributed by atoms with Crippen LogP contribution in [0.5, 0.6) is 0 Å². The molecule has 1 aliphatic rings. The monoisotopic (exact) mass is 432 g/mol. The lowest BCUT2D eigenvalue weighted by atomic mass is 10.0. The molecule has 0 bridgehead atoms. The fourth-order valence-corrected chi connectivity index (χ4v) is 4.24. The number of rotatable bonds is 6. The number of para-hydroxylation sites is 1. The van der Waals surface area contributed by atoms with Gasteiger partial charge in [0.25, 0.3) is 0 Å². The number of carbonyl (C=O) groups excluding carboxylic acids is 2. The molecule has 1 aromatic carbocycles. The van der Waals surface area contributed by atoms with Crippen LogP contribution in [0.1, 0.15) is 22.8 Å². The highest BCUT2D eigenvalue weighted by molar-refractivity contribution is 5.88. The first-order chi connectivity index (χ1) is 15.7. The van der Waals surface area contributed by atoms with Gasteiger partial charge in [0, 0.05) is 41.7 Å². The molecule has 5 rings (SSSR count). The highest BCUT2D eigenvalue weighted by Gasteiger charge is 2.27. The number of hydrogen-bond donors (Lipinski definition) is 2. The van der Waals surface area contributed by atoms with E-state index in [9.17, 15) is 9.59 Å². The van der Waals surface area contributed by atoms with Gasteiger partial charge < -0.3 is 28.9 Å². The van der Waals surface area contributed by atoms with Gasteiger partial charge in [-0.2, -0.15) is 0 Å². The van der Waals surface area contributed by atoms with Crippen molar-refractivity contribution in [2.45, 2.75) is 32.6 Å². The summed E-state index contributed by atoms with van der Waals surface area (Å²) >= 11 is 0. The molecule has 164 valence electrons. The normalized spacial score (nSPS) is 13.2. The predicted molar refractivity (Wildman–Crippen MR) is 118 cm³/mol. The number of furan rings is 2. The maximum absolute atomic E-state index is 12.7. The lowest BCUT2D eigenvalue weighted by molar-refractivity contribution is -0.121. The summed E-state index contributed by atoms with van der Waals surface area (Å²) in [6.07, 6.45) is 3.87. The van der Waals surface area contributed by atoms with Crippen LogP contribution in [0, 0.1) is 0 Å². The fraction of sp³-hybridized carbons (Fsp3) is 0.250. The van der Waals surface area contributed by atoms with E-state index in [1.807, 2.05) is 30.3 Å². The van der Waals surface area contributed by atoms with Crippen LogP contribution in [-0.2, 0) is 37.4 Å².